The Morgan fingerprint density at radius 3 is 1.14 bits per heavy atom. The van der Waals surface area contributed by atoms with Gasteiger partial charge in [-0.3, -0.25) is 0 Å². The third kappa shape index (κ3) is 32.1. The number of hydrogen-bond acceptors (Lipinski definition) is 7. The Morgan fingerprint density at radius 1 is 0.491 bits per heavy atom. The summed E-state index contributed by atoms with van der Waals surface area (Å²) in [5.41, 5.74) is -0.773. The summed E-state index contributed by atoms with van der Waals surface area (Å²) in [4.78, 5) is 25.2. The first kappa shape index (κ1) is 55.5. The Hall–Kier alpha value is -1.45. The first-order chi connectivity index (χ1) is 27.3. The number of allylic oxidation sites excluding steroid dienone is 4. The van der Waals surface area contributed by atoms with E-state index in [2.05, 4.69) is 38.2 Å². The summed E-state index contributed by atoms with van der Waals surface area (Å²) in [6, 6.07) is 3.64. The number of carbonyl (C=O) groups is 2. The van der Waals surface area contributed by atoms with Gasteiger partial charge in [0.15, 0.2) is 0 Å². The van der Waals surface area contributed by atoms with Gasteiger partial charge in [-0.25, -0.2) is 18.0 Å². The summed E-state index contributed by atoms with van der Waals surface area (Å²) in [7, 11) is -5.02. The van der Waals surface area contributed by atoms with Crippen LogP contribution in [0.15, 0.2) is 47.4 Å². The molecule has 0 saturated carbocycles. The van der Waals surface area contributed by atoms with Crippen LogP contribution in [0.25, 0.3) is 0 Å². The molecule has 0 spiro atoms. The predicted octanol–water partition coefficient (Wildman–Crippen LogP) is 11.5. The topological polar surface area (TPSA) is 110 Å². The second kappa shape index (κ2) is 40.0. The number of ether oxygens (including phenoxy) is 2. The van der Waals surface area contributed by atoms with Gasteiger partial charge in [-0.05, 0) is 63.5 Å². The predicted molar refractivity (Wildman–Crippen MR) is 232 cm³/mol. The molecule has 322 valence electrons. The van der Waals surface area contributed by atoms with E-state index in [1.54, 1.807) is 0 Å². The van der Waals surface area contributed by atoms with Crippen LogP contribution in [0, 0.1) is 0 Å². The van der Waals surface area contributed by atoms with Crippen LogP contribution in [0.2, 0.25) is 0 Å². The minimum atomic E-state index is -5.02. The monoisotopic (exact) mass is 825 g/mol. The maximum absolute atomic E-state index is 13.0. The van der Waals surface area contributed by atoms with E-state index in [1.165, 1.54) is 153 Å². The van der Waals surface area contributed by atoms with Crippen LogP contribution >= 0.6 is 0 Å². The molecule has 0 heterocycles. The van der Waals surface area contributed by atoms with Crippen molar-refractivity contribution in [3.8, 4) is 0 Å². The molecule has 9 heteroatoms. The minimum Gasteiger partial charge on any atom is -0.744 e. The molecule has 0 amide bonds. The van der Waals surface area contributed by atoms with E-state index in [0.29, 0.717) is 12.8 Å². The smallest absolute Gasteiger partial charge is 0.744 e. The van der Waals surface area contributed by atoms with Crippen molar-refractivity contribution in [1.29, 1.82) is 0 Å². The van der Waals surface area contributed by atoms with E-state index in [0.717, 1.165) is 57.4 Å². The third-order valence-corrected chi connectivity index (χ3v) is 11.4. The Morgan fingerprint density at radius 2 is 0.807 bits per heavy atom. The molecule has 1 aromatic carbocycles. The van der Waals surface area contributed by atoms with Crippen LogP contribution in [0.5, 0.6) is 0 Å². The third-order valence-electron chi connectivity index (χ3n) is 10.5. The van der Waals surface area contributed by atoms with Crippen LogP contribution in [-0.4, -0.2) is 38.1 Å². The molecule has 0 aromatic heterocycles. The Bertz CT molecular complexity index is 1280. The summed E-state index contributed by atoms with van der Waals surface area (Å²) in [5.74, 6) is -1.81. The van der Waals surface area contributed by atoms with Crippen LogP contribution in [0.1, 0.15) is 240 Å². The van der Waals surface area contributed by atoms with Gasteiger partial charge in [0.2, 0.25) is 0 Å². The second-order valence-corrected chi connectivity index (χ2v) is 17.0. The molecule has 0 radical (unpaired) electrons. The van der Waals surface area contributed by atoms with Crippen molar-refractivity contribution >= 4 is 22.1 Å². The summed E-state index contributed by atoms with van der Waals surface area (Å²) in [6.07, 6.45) is 47.6. The summed E-state index contributed by atoms with van der Waals surface area (Å²) < 4.78 is 46.8. The standard InChI is InChI=1S/C48H82O7S.Na/c1-3-5-7-9-11-13-15-17-19-21-23-25-27-29-31-33-35-37-42-54-47(49)44-40-39-41-45(56(51,52)53)46(44)48(50)55-43-38-36-34-32-30-28-26-24-22-20-18-16-14-12-10-8-6-4-2;/h5-8,39-41H,3-4,9-38,42-43H2,1-2H3,(H,51,52,53);/q;+1/p-1/b7-5+,8-6+;. The molecule has 0 saturated heterocycles. The van der Waals surface area contributed by atoms with E-state index in [-0.39, 0.29) is 48.3 Å². The van der Waals surface area contributed by atoms with Gasteiger partial charge in [-0.2, -0.15) is 0 Å². The normalized spacial score (nSPS) is 11.7. The fourth-order valence-corrected chi connectivity index (χ4v) is 7.83. The molecule has 0 bridgehead atoms. The van der Waals surface area contributed by atoms with Gasteiger partial charge in [0.25, 0.3) is 0 Å². The molecule has 7 nitrogen and oxygen atoms in total. The minimum absolute atomic E-state index is 0. The summed E-state index contributed by atoms with van der Waals surface area (Å²) in [5, 5.41) is 0. The molecule has 0 aliphatic rings. The summed E-state index contributed by atoms with van der Waals surface area (Å²) in [6.45, 7) is 4.61. The van der Waals surface area contributed by atoms with E-state index in [1.807, 2.05) is 0 Å². The SMILES string of the molecule is CC/C=C/CCCCCCCCCCCCCCCCOC(=O)c1cccc(S(=O)(=O)[O-])c1C(=O)OCCCCCCCCCCCCCCCC/C=C/CC.[Na+]. The average molecular weight is 825 g/mol. The fraction of sp³-hybridized carbons (Fsp3) is 0.750. The first-order valence-corrected chi connectivity index (χ1v) is 24.5. The van der Waals surface area contributed by atoms with Crippen molar-refractivity contribution in [2.24, 2.45) is 0 Å². The number of benzene rings is 1. The molecule has 0 unspecified atom stereocenters. The van der Waals surface area contributed by atoms with E-state index < -0.39 is 32.5 Å². The molecule has 0 aliphatic carbocycles. The van der Waals surface area contributed by atoms with Crippen LogP contribution < -0.4 is 29.6 Å². The van der Waals surface area contributed by atoms with Crippen molar-refractivity contribution in [3.63, 3.8) is 0 Å². The molecular weight excluding hydrogens is 744 g/mol. The number of hydrogen-bond donors (Lipinski definition) is 0. The number of unbranched alkanes of at least 4 members (excludes halogenated alkanes) is 28. The van der Waals surface area contributed by atoms with Crippen molar-refractivity contribution < 1.29 is 61.6 Å². The van der Waals surface area contributed by atoms with Crippen molar-refractivity contribution in [2.75, 3.05) is 13.2 Å². The van der Waals surface area contributed by atoms with Gasteiger partial charge in [0.05, 0.1) is 29.2 Å². The molecule has 0 N–H and O–H groups in total. The van der Waals surface area contributed by atoms with Gasteiger partial charge in [0, 0.05) is 0 Å². The molecule has 0 atom stereocenters. The maximum atomic E-state index is 13.0. The molecule has 0 fully saturated rings. The van der Waals surface area contributed by atoms with E-state index in [4.69, 9.17) is 9.47 Å². The first-order valence-electron chi connectivity index (χ1n) is 23.1. The van der Waals surface area contributed by atoms with E-state index in [9.17, 15) is 22.6 Å². The molecule has 57 heavy (non-hydrogen) atoms. The maximum Gasteiger partial charge on any atom is 1.00 e. The largest absolute Gasteiger partial charge is 1.00 e. The quantitative estimate of drug-likeness (QED) is 0.0214. The number of rotatable bonds is 39. The zero-order valence-corrected chi connectivity index (χ0v) is 39.7. The van der Waals surface area contributed by atoms with Gasteiger partial charge < -0.3 is 14.0 Å². The Kier molecular flexibility index (Phi) is 39.0. The van der Waals surface area contributed by atoms with Crippen LogP contribution in [0.3, 0.4) is 0 Å². The van der Waals surface area contributed by atoms with Gasteiger partial charge in [-0.1, -0.05) is 198 Å². The molecule has 1 rings (SSSR count). The van der Waals surface area contributed by atoms with Crippen molar-refractivity contribution in [2.45, 2.75) is 224 Å². The second-order valence-electron chi connectivity index (χ2n) is 15.6. The molecule has 0 aliphatic heterocycles. The molecule has 1 aromatic rings. The van der Waals surface area contributed by atoms with Crippen molar-refractivity contribution in [1.82, 2.24) is 0 Å². The van der Waals surface area contributed by atoms with Crippen molar-refractivity contribution in [3.05, 3.63) is 53.6 Å². The number of esters is 2. The van der Waals surface area contributed by atoms with E-state index >= 15 is 0 Å². The van der Waals surface area contributed by atoms with Crippen LogP contribution in [0.4, 0.5) is 0 Å². The zero-order chi connectivity index (χ0) is 40.8. The fourth-order valence-electron chi connectivity index (χ4n) is 7.14. The molecular formula is C48H81NaO7S. The Labute approximate surface area is 372 Å². The van der Waals surface area contributed by atoms with Gasteiger partial charge in [-0.15, -0.1) is 0 Å². The summed E-state index contributed by atoms with van der Waals surface area (Å²) >= 11 is 0. The zero-order valence-electron chi connectivity index (χ0n) is 36.8. The average Bonchev–Trinajstić information content (AvgIpc) is 3.18. The van der Waals surface area contributed by atoms with Gasteiger partial charge in [0.1, 0.15) is 10.1 Å². The van der Waals surface area contributed by atoms with Crippen LogP contribution in [-0.2, 0) is 19.6 Å². The number of carbonyl (C=O) groups excluding carboxylic acids is 2. The van der Waals surface area contributed by atoms with Gasteiger partial charge >= 0.3 is 41.5 Å². The Balaban J connectivity index is 0.0000314.